The number of allylic oxidation sites excluding steroid dienone is 2. The number of hydrogen-bond donors (Lipinski definition) is 7. The van der Waals surface area contributed by atoms with Crippen LogP contribution in [0, 0.1) is 45.3 Å². The van der Waals surface area contributed by atoms with Crippen molar-refractivity contribution in [2.45, 2.75) is 167 Å². The summed E-state index contributed by atoms with van der Waals surface area (Å²) in [5.41, 5.74) is -1.53. The number of aliphatic hydroxyl groups is 7. The van der Waals surface area contributed by atoms with E-state index >= 15 is 0 Å². The quantitative estimate of drug-likeness (QED) is 0.181. The summed E-state index contributed by atoms with van der Waals surface area (Å²) in [5.74, 6) is -0.182. The van der Waals surface area contributed by atoms with Crippen molar-refractivity contribution in [1.82, 2.24) is 0 Å². The van der Waals surface area contributed by atoms with Crippen molar-refractivity contribution in [1.29, 1.82) is 0 Å². The first-order chi connectivity index (χ1) is 25.6. The minimum absolute atomic E-state index is 0.0230. The van der Waals surface area contributed by atoms with Gasteiger partial charge < -0.3 is 59.4 Å². The second-order valence-corrected chi connectivity index (χ2v) is 19.1. The van der Waals surface area contributed by atoms with E-state index in [-0.39, 0.29) is 35.7 Å². The average Bonchev–Trinajstić information content (AvgIpc) is 3.59. The van der Waals surface area contributed by atoms with E-state index in [1.165, 1.54) is 6.92 Å². The normalized spacial score (nSPS) is 52.2. The summed E-state index contributed by atoms with van der Waals surface area (Å²) < 4.78 is 30.5. The smallest absolute Gasteiger partial charge is 0.199 e. The van der Waals surface area contributed by atoms with Gasteiger partial charge in [0.1, 0.15) is 54.3 Å². The topological polar surface area (TPSA) is 222 Å². The molecule has 310 valence electrons. The molecule has 0 radical (unpaired) electrons. The summed E-state index contributed by atoms with van der Waals surface area (Å²) in [6.45, 7) is 15.2. The first-order valence-electron chi connectivity index (χ1n) is 20.1. The number of ether oxygens (including phenoxy) is 5. The molecule has 14 nitrogen and oxygen atoms in total. The van der Waals surface area contributed by atoms with Gasteiger partial charge in [-0.1, -0.05) is 60.1 Å². The second kappa shape index (κ2) is 14.2. The van der Waals surface area contributed by atoms with Gasteiger partial charge in [0, 0.05) is 35.2 Å². The molecule has 0 aromatic heterocycles. The van der Waals surface area contributed by atoms with Crippen LogP contribution in [-0.4, -0.2) is 134 Å². The lowest BCUT2D eigenvalue weighted by Gasteiger charge is -2.64. The number of Topliss-reactive ketones (excluding diaryl/α,β-unsaturated/α-hetero) is 1. The third-order valence-corrected chi connectivity index (χ3v) is 15.6. The van der Waals surface area contributed by atoms with Crippen LogP contribution in [0.1, 0.15) is 87.5 Å². The number of carbonyl (C=O) groups is 2. The zero-order valence-electron chi connectivity index (χ0n) is 33.2. The Kier molecular flexibility index (Phi) is 10.7. The Labute approximate surface area is 322 Å². The molecule has 14 heteroatoms. The Balaban J connectivity index is 1.15. The van der Waals surface area contributed by atoms with E-state index in [0.29, 0.717) is 31.4 Å². The molecule has 3 heterocycles. The molecular formula is C41H62O14. The van der Waals surface area contributed by atoms with Crippen LogP contribution in [0.5, 0.6) is 0 Å². The molecule has 0 spiro atoms. The minimum atomic E-state index is -1.69. The van der Waals surface area contributed by atoms with Crippen LogP contribution in [0.3, 0.4) is 0 Å². The van der Waals surface area contributed by atoms with E-state index in [1.54, 1.807) is 6.08 Å². The predicted octanol–water partition coefficient (Wildman–Crippen LogP) is 1.29. The van der Waals surface area contributed by atoms with E-state index in [0.717, 1.165) is 5.57 Å². The fraction of sp³-hybridized carbons (Fsp3) is 0.854. The van der Waals surface area contributed by atoms with E-state index in [9.17, 15) is 45.3 Å². The van der Waals surface area contributed by atoms with E-state index in [4.69, 9.17) is 23.7 Å². The summed E-state index contributed by atoms with van der Waals surface area (Å²) in [6.07, 6.45) is -10.4. The highest BCUT2D eigenvalue weighted by molar-refractivity contribution is 5.96. The van der Waals surface area contributed by atoms with Crippen LogP contribution >= 0.6 is 0 Å². The van der Waals surface area contributed by atoms with E-state index in [1.807, 2.05) is 27.7 Å². The second-order valence-electron chi connectivity index (χ2n) is 19.1. The Morgan fingerprint density at radius 2 is 1.55 bits per heavy atom. The first-order valence-corrected chi connectivity index (χ1v) is 20.1. The number of rotatable bonds is 7. The van der Waals surface area contributed by atoms with Gasteiger partial charge in [-0.2, -0.15) is 0 Å². The van der Waals surface area contributed by atoms with Gasteiger partial charge in [0.15, 0.2) is 24.5 Å². The van der Waals surface area contributed by atoms with Crippen molar-refractivity contribution in [3.8, 4) is 0 Å². The first kappa shape index (κ1) is 41.3. The highest BCUT2D eigenvalue weighted by Gasteiger charge is 2.73. The van der Waals surface area contributed by atoms with Crippen LogP contribution < -0.4 is 0 Å². The molecule has 0 amide bonds. The van der Waals surface area contributed by atoms with Gasteiger partial charge in [0.25, 0.3) is 0 Å². The molecule has 4 aliphatic carbocycles. The maximum absolute atomic E-state index is 14.8. The Hall–Kier alpha value is -1.82. The largest absolute Gasteiger partial charge is 0.486 e. The van der Waals surface area contributed by atoms with Crippen molar-refractivity contribution in [3.05, 3.63) is 23.5 Å². The molecule has 7 N–H and O–H groups in total. The monoisotopic (exact) mass is 778 g/mol. The van der Waals surface area contributed by atoms with Crippen molar-refractivity contribution in [3.63, 3.8) is 0 Å². The average molecular weight is 779 g/mol. The molecule has 19 atom stereocenters. The Morgan fingerprint density at radius 3 is 2.18 bits per heavy atom. The summed E-state index contributed by atoms with van der Waals surface area (Å²) >= 11 is 0. The van der Waals surface area contributed by atoms with Crippen LogP contribution in [0.2, 0.25) is 0 Å². The van der Waals surface area contributed by atoms with E-state index in [2.05, 4.69) is 26.8 Å². The standard InChI is InChI=1S/C41H62O14/c1-17(2)23-13-21(43)34(52-23)28-22(44)14-39(6)25-11-9-19-20(41(25,8)26(45)15-40(28,39)7)10-12-27(38(19,4)5)54-37-35(32(49)30(47)24(16-42)53-37)55-36-33(50)31(48)29(46)18(3)51-36/h9,13,17-18,20,22,24-25,27-37,42,44,46-50H,10-12,14-16H2,1-8H3/t18-,20?,22+,24+,25?,27+,28+,29-,30+,31+,32-,33+,34?,35+,36-,37-,39-,40+,41-/m0/s1. The van der Waals surface area contributed by atoms with Crippen LogP contribution in [0.15, 0.2) is 23.5 Å². The van der Waals surface area contributed by atoms with Crippen molar-refractivity contribution in [2.24, 2.45) is 45.3 Å². The maximum atomic E-state index is 14.8. The summed E-state index contributed by atoms with van der Waals surface area (Å²) in [5, 5.41) is 75.1. The molecule has 3 saturated carbocycles. The lowest BCUT2D eigenvalue weighted by Crippen LogP contribution is -2.65. The van der Waals surface area contributed by atoms with Crippen LogP contribution in [-0.2, 0) is 33.3 Å². The van der Waals surface area contributed by atoms with Crippen molar-refractivity contribution in [2.75, 3.05) is 6.61 Å². The zero-order valence-corrected chi connectivity index (χ0v) is 33.2. The van der Waals surface area contributed by atoms with Gasteiger partial charge in [-0.15, -0.1) is 0 Å². The molecule has 0 aromatic carbocycles. The molecule has 55 heavy (non-hydrogen) atoms. The molecule has 3 unspecified atom stereocenters. The summed E-state index contributed by atoms with van der Waals surface area (Å²) in [7, 11) is 0. The molecule has 7 aliphatic rings. The lowest BCUT2D eigenvalue weighted by molar-refractivity contribution is -0.372. The number of carbonyl (C=O) groups excluding carboxylic acids is 2. The third kappa shape index (κ3) is 6.07. The van der Waals surface area contributed by atoms with Crippen molar-refractivity contribution < 1.29 is 69.0 Å². The summed E-state index contributed by atoms with van der Waals surface area (Å²) in [6, 6.07) is 0. The van der Waals surface area contributed by atoms with Gasteiger partial charge in [-0.3, -0.25) is 9.59 Å². The number of aliphatic hydroxyl groups excluding tert-OH is 7. The number of hydrogen-bond acceptors (Lipinski definition) is 14. The molecule has 0 aromatic rings. The van der Waals surface area contributed by atoms with Gasteiger partial charge >= 0.3 is 0 Å². The molecule has 0 bridgehead atoms. The van der Waals surface area contributed by atoms with Gasteiger partial charge in [0.05, 0.1) is 24.9 Å². The van der Waals surface area contributed by atoms with Crippen molar-refractivity contribution >= 4 is 11.6 Å². The SMILES string of the molecule is CC(C)C1=CC(=O)C([C@H]2[C@H](O)C[C@@]3(C)C4CC=C5C(CC[C@@H](O[C@@H]6O[C@H](CO)[C@@H](O)[C@H](O)[C@H]6O[C@@H]6O[C@@H](C)[C@H](O)[C@@H](O)[C@H]6O)C5(C)C)[C@]4(C)C(=O)C[C@]23C)O1. The third-order valence-electron chi connectivity index (χ3n) is 15.6. The highest BCUT2D eigenvalue weighted by Crippen LogP contribution is 2.74. The van der Waals surface area contributed by atoms with Crippen LogP contribution in [0.25, 0.3) is 0 Å². The zero-order chi connectivity index (χ0) is 40.3. The van der Waals surface area contributed by atoms with Gasteiger partial charge in [0.2, 0.25) is 0 Å². The Morgan fingerprint density at radius 1 is 0.855 bits per heavy atom. The minimum Gasteiger partial charge on any atom is -0.486 e. The van der Waals surface area contributed by atoms with E-state index < -0.39 is 114 Å². The molecule has 5 fully saturated rings. The Bertz CT molecular complexity index is 1580. The number of ketones is 2. The van der Waals surface area contributed by atoms with Gasteiger partial charge in [-0.25, -0.2) is 0 Å². The van der Waals surface area contributed by atoms with Gasteiger partial charge in [-0.05, 0) is 55.3 Å². The fourth-order valence-electron chi connectivity index (χ4n) is 12.1. The lowest BCUT2D eigenvalue weighted by atomic mass is 9.39. The highest BCUT2D eigenvalue weighted by atomic mass is 16.8. The molecule has 3 aliphatic heterocycles. The predicted molar refractivity (Wildman–Crippen MR) is 193 cm³/mol. The molecule has 7 rings (SSSR count). The summed E-state index contributed by atoms with van der Waals surface area (Å²) in [4.78, 5) is 28.2. The molecule has 2 saturated heterocycles. The molecular weight excluding hydrogens is 716 g/mol. The fourth-order valence-corrected chi connectivity index (χ4v) is 12.1. The maximum Gasteiger partial charge on any atom is 0.199 e. The number of fused-ring (bicyclic) bond motifs is 5. The van der Waals surface area contributed by atoms with Crippen LogP contribution in [0.4, 0.5) is 0 Å².